The second kappa shape index (κ2) is 4.28. The van der Waals surface area contributed by atoms with Gasteiger partial charge in [0.05, 0.1) is 6.61 Å². The van der Waals surface area contributed by atoms with Crippen LogP contribution in [0.1, 0.15) is 11.7 Å². The Morgan fingerprint density at radius 1 is 1.29 bits per heavy atom. The SMILES string of the molecule is Nc1ccc(O)c(C(O)C(O)CO)c1. The third-order valence-electron chi connectivity index (χ3n) is 1.92. The molecule has 0 spiro atoms. The number of benzene rings is 1. The normalized spacial score (nSPS) is 15.1. The van der Waals surface area contributed by atoms with Crippen molar-refractivity contribution in [2.75, 3.05) is 12.3 Å². The molecule has 2 atom stereocenters. The van der Waals surface area contributed by atoms with Gasteiger partial charge in [-0.2, -0.15) is 0 Å². The largest absolute Gasteiger partial charge is 0.508 e. The highest BCUT2D eigenvalue weighted by atomic mass is 16.4. The average Bonchev–Trinajstić information content (AvgIpc) is 2.19. The van der Waals surface area contributed by atoms with Gasteiger partial charge in [0.25, 0.3) is 0 Å². The summed E-state index contributed by atoms with van der Waals surface area (Å²) in [6.45, 7) is -0.588. The van der Waals surface area contributed by atoms with Gasteiger partial charge < -0.3 is 26.2 Å². The highest BCUT2D eigenvalue weighted by Gasteiger charge is 2.20. The summed E-state index contributed by atoms with van der Waals surface area (Å²) in [6, 6.07) is 4.13. The molecular formula is C9H13NO4. The summed E-state index contributed by atoms with van der Waals surface area (Å²) in [6.07, 6.45) is -2.67. The molecule has 6 N–H and O–H groups in total. The maximum atomic E-state index is 9.47. The lowest BCUT2D eigenvalue weighted by molar-refractivity contribution is -0.0161. The van der Waals surface area contributed by atoms with E-state index in [2.05, 4.69) is 0 Å². The molecule has 0 aliphatic carbocycles. The Labute approximate surface area is 81.0 Å². The van der Waals surface area contributed by atoms with Gasteiger partial charge in [-0.1, -0.05) is 0 Å². The van der Waals surface area contributed by atoms with Crippen molar-refractivity contribution >= 4 is 5.69 Å². The first-order chi connectivity index (χ1) is 6.56. The van der Waals surface area contributed by atoms with E-state index in [1.54, 1.807) is 0 Å². The third kappa shape index (κ3) is 2.14. The van der Waals surface area contributed by atoms with Crippen LogP contribution in [-0.4, -0.2) is 33.1 Å². The predicted octanol–water partition coefficient (Wildman–Crippen LogP) is -0.639. The fourth-order valence-electron chi connectivity index (χ4n) is 1.12. The molecule has 5 nitrogen and oxygen atoms in total. The number of hydrogen-bond acceptors (Lipinski definition) is 5. The van der Waals surface area contributed by atoms with Gasteiger partial charge in [-0.25, -0.2) is 0 Å². The molecule has 5 heteroatoms. The van der Waals surface area contributed by atoms with Gasteiger partial charge >= 0.3 is 0 Å². The highest BCUT2D eigenvalue weighted by Crippen LogP contribution is 2.28. The molecule has 0 heterocycles. The summed E-state index contributed by atoms with van der Waals surface area (Å²) in [4.78, 5) is 0. The molecule has 2 unspecified atom stereocenters. The van der Waals surface area contributed by atoms with Crippen LogP contribution in [0.15, 0.2) is 18.2 Å². The lowest BCUT2D eigenvalue weighted by Crippen LogP contribution is -2.22. The van der Waals surface area contributed by atoms with Gasteiger partial charge in [0.15, 0.2) is 0 Å². The van der Waals surface area contributed by atoms with E-state index in [1.165, 1.54) is 18.2 Å². The molecule has 14 heavy (non-hydrogen) atoms. The highest BCUT2D eigenvalue weighted by molar-refractivity contribution is 5.48. The second-order valence-electron chi connectivity index (χ2n) is 3.01. The van der Waals surface area contributed by atoms with Crippen LogP contribution in [0.4, 0.5) is 5.69 Å². The molecule has 0 aromatic heterocycles. The number of aliphatic hydroxyl groups excluding tert-OH is 3. The summed E-state index contributed by atoms with van der Waals surface area (Å²) in [5.41, 5.74) is 5.91. The molecule has 0 aliphatic rings. The van der Waals surface area contributed by atoms with E-state index in [-0.39, 0.29) is 11.3 Å². The van der Waals surface area contributed by atoms with Gasteiger partial charge in [-0.05, 0) is 18.2 Å². The molecule has 1 aromatic rings. The van der Waals surface area contributed by atoms with Crippen molar-refractivity contribution in [3.8, 4) is 5.75 Å². The number of phenolic OH excluding ortho intramolecular Hbond substituents is 1. The fraction of sp³-hybridized carbons (Fsp3) is 0.333. The monoisotopic (exact) mass is 199 g/mol. The van der Waals surface area contributed by atoms with E-state index in [0.717, 1.165) is 0 Å². The minimum absolute atomic E-state index is 0.103. The predicted molar refractivity (Wildman–Crippen MR) is 50.6 cm³/mol. The van der Waals surface area contributed by atoms with Gasteiger partial charge in [0, 0.05) is 11.3 Å². The molecule has 0 radical (unpaired) electrons. The van der Waals surface area contributed by atoms with E-state index < -0.39 is 18.8 Å². The molecule has 0 saturated heterocycles. The van der Waals surface area contributed by atoms with Crippen molar-refractivity contribution in [1.82, 2.24) is 0 Å². The van der Waals surface area contributed by atoms with Crippen LogP contribution in [0, 0.1) is 0 Å². The maximum absolute atomic E-state index is 9.47. The number of aromatic hydroxyl groups is 1. The van der Waals surface area contributed by atoms with Crippen molar-refractivity contribution in [3.05, 3.63) is 23.8 Å². The molecule has 1 rings (SSSR count). The van der Waals surface area contributed by atoms with Gasteiger partial charge in [0.2, 0.25) is 0 Å². The van der Waals surface area contributed by atoms with Crippen LogP contribution in [0.2, 0.25) is 0 Å². The van der Waals surface area contributed by atoms with E-state index >= 15 is 0 Å². The van der Waals surface area contributed by atoms with Crippen molar-refractivity contribution in [3.63, 3.8) is 0 Å². The topological polar surface area (TPSA) is 107 Å². The number of nitrogens with two attached hydrogens (primary N) is 1. The number of phenols is 1. The zero-order valence-electron chi connectivity index (χ0n) is 7.46. The Kier molecular flexibility index (Phi) is 3.29. The van der Waals surface area contributed by atoms with Crippen molar-refractivity contribution in [1.29, 1.82) is 0 Å². The van der Waals surface area contributed by atoms with E-state index in [4.69, 9.17) is 15.9 Å². The number of nitrogen functional groups attached to an aromatic ring is 1. The quantitative estimate of drug-likeness (QED) is 0.329. The van der Waals surface area contributed by atoms with Gasteiger partial charge in [-0.15, -0.1) is 0 Å². The van der Waals surface area contributed by atoms with E-state index in [9.17, 15) is 10.2 Å². The number of rotatable bonds is 3. The fourth-order valence-corrected chi connectivity index (χ4v) is 1.12. The molecule has 0 aliphatic heterocycles. The van der Waals surface area contributed by atoms with Crippen LogP contribution < -0.4 is 5.73 Å². The first-order valence-electron chi connectivity index (χ1n) is 4.11. The summed E-state index contributed by atoms with van der Waals surface area (Å²) in [5.74, 6) is -0.167. The number of hydrogen-bond donors (Lipinski definition) is 5. The zero-order chi connectivity index (χ0) is 10.7. The zero-order valence-corrected chi connectivity index (χ0v) is 7.46. The van der Waals surface area contributed by atoms with Crippen LogP contribution >= 0.6 is 0 Å². The first kappa shape index (κ1) is 10.8. The molecule has 1 aromatic carbocycles. The molecule has 0 amide bonds. The van der Waals surface area contributed by atoms with Crippen LogP contribution in [0.3, 0.4) is 0 Å². The second-order valence-corrected chi connectivity index (χ2v) is 3.01. The Hall–Kier alpha value is -1.30. The Morgan fingerprint density at radius 2 is 1.93 bits per heavy atom. The van der Waals surface area contributed by atoms with Crippen molar-refractivity contribution in [2.24, 2.45) is 0 Å². The summed E-state index contributed by atoms with van der Waals surface area (Å²) in [5, 5.41) is 36.6. The molecule has 0 bridgehead atoms. The van der Waals surface area contributed by atoms with Crippen LogP contribution in [-0.2, 0) is 0 Å². The number of aliphatic hydroxyl groups is 3. The van der Waals surface area contributed by atoms with Crippen molar-refractivity contribution in [2.45, 2.75) is 12.2 Å². The summed E-state index contributed by atoms with van der Waals surface area (Å²) >= 11 is 0. The van der Waals surface area contributed by atoms with Crippen LogP contribution in [0.5, 0.6) is 5.75 Å². The summed E-state index contributed by atoms with van der Waals surface area (Å²) < 4.78 is 0. The lowest BCUT2D eigenvalue weighted by atomic mass is 10.0. The number of anilines is 1. The van der Waals surface area contributed by atoms with Gasteiger partial charge in [-0.3, -0.25) is 0 Å². The Balaban J connectivity index is 2.99. The first-order valence-corrected chi connectivity index (χ1v) is 4.11. The van der Waals surface area contributed by atoms with E-state index in [1.807, 2.05) is 0 Å². The third-order valence-corrected chi connectivity index (χ3v) is 1.92. The molecule has 0 saturated carbocycles. The minimum Gasteiger partial charge on any atom is -0.508 e. The lowest BCUT2D eigenvalue weighted by Gasteiger charge is -2.17. The van der Waals surface area contributed by atoms with Crippen molar-refractivity contribution < 1.29 is 20.4 Å². The average molecular weight is 199 g/mol. The Morgan fingerprint density at radius 3 is 2.50 bits per heavy atom. The standard InChI is InChI=1S/C9H13NO4/c10-5-1-2-7(12)6(3-5)9(14)8(13)4-11/h1-3,8-9,11-14H,4,10H2. The van der Waals surface area contributed by atoms with Gasteiger partial charge in [0.1, 0.15) is 18.0 Å². The Bertz CT molecular complexity index is 316. The smallest absolute Gasteiger partial charge is 0.121 e. The molecular weight excluding hydrogens is 186 g/mol. The summed E-state index contributed by atoms with van der Waals surface area (Å²) in [7, 11) is 0. The molecule has 0 fully saturated rings. The van der Waals surface area contributed by atoms with Crippen LogP contribution in [0.25, 0.3) is 0 Å². The van der Waals surface area contributed by atoms with E-state index in [0.29, 0.717) is 5.69 Å². The molecule has 78 valence electrons. The maximum Gasteiger partial charge on any atom is 0.121 e. The minimum atomic E-state index is -1.34.